The predicted octanol–water partition coefficient (Wildman–Crippen LogP) is -1.17. The Hall–Kier alpha value is -3.13. The third-order valence-corrected chi connectivity index (χ3v) is 5.85. The molecule has 0 saturated carbocycles. The van der Waals surface area contributed by atoms with Crippen LogP contribution >= 0.6 is 0 Å². The summed E-state index contributed by atoms with van der Waals surface area (Å²) >= 11 is 0. The van der Waals surface area contributed by atoms with Crippen LogP contribution < -0.4 is 4.74 Å². The van der Waals surface area contributed by atoms with Crippen molar-refractivity contribution in [1.29, 1.82) is 0 Å². The van der Waals surface area contributed by atoms with Crippen molar-refractivity contribution in [2.75, 3.05) is 6.61 Å². The number of phenols is 4. The molecule has 12 heteroatoms. The zero-order valence-corrected chi connectivity index (χ0v) is 16.9. The first-order chi connectivity index (χ1) is 15.5. The second-order valence-corrected chi connectivity index (χ2v) is 7.94. The van der Waals surface area contributed by atoms with Gasteiger partial charge in [-0.05, 0) is 17.7 Å². The number of hydrogen-bond donors (Lipinski definition) is 9. The van der Waals surface area contributed by atoms with Crippen LogP contribution in [0.2, 0.25) is 0 Å². The number of aromatic hydroxyl groups is 4. The Morgan fingerprint density at radius 1 is 0.939 bits per heavy atom. The number of aliphatic hydroxyl groups is 5. The maximum Gasteiger partial charge on any atom is 0.229 e. The molecule has 1 saturated heterocycles. The number of rotatable bonds is 3. The monoisotopic (exact) mass is 466 g/mol. The lowest BCUT2D eigenvalue weighted by atomic mass is 9.84. The van der Waals surface area contributed by atoms with E-state index in [0.717, 1.165) is 12.1 Å². The van der Waals surface area contributed by atoms with Gasteiger partial charge in [-0.2, -0.15) is 0 Å². The molecule has 2 aromatic rings. The summed E-state index contributed by atoms with van der Waals surface area (Å²) < 4.78 is 11.0. The Balaban J connectivity index is 1.88. The molecular formula is C21H22O12. The van der Waals surface area contributed by atoms with Crippen molar-refractivity contribution < 1.29 is 60.2 Å². The molecule has 2 aromatic carbocycles. The number of benzene rings is 2. The number of Topliss-reactive ketones (excluding diaryl/α,β-unsaturated/α-hetero) is 1. The topological polar surface area (TPSA) is 218 Å². The first-order valence-corrected chi connectivity index (χ1v) is 9.86. The maximum atomic E-state index is 12.9. The van der Waals surface area contributed by atoms with Crippen molar-refractivity contribution in [2.24, 2.45) is 0 Å². The van der Waals surface area contributed by atoms with Crippen molar-refractivity contribution in [3.05, 3.63) is 41.0 Å². The normalized spacial score (nSPS) is 31.7. The molecule has 4 rings (SSSR count). The van der Waals surface area contributed by atoms with E-state index >= 15 is 0 Å². The van der Waals surface area contributed by atoms with Crippen LogP contribution in [0.15, 0.2) is 24.3 Å². The maximum absolute atomic E-state index is 12.9. The SMILES string of the molecule is O=C1CC(c2ccc(O)c(O)c2)Oc2c1c(O)cc(O)c2C1(O)OC(CO)C(O)C(O)C1O. The summed E-state index contributed by atoms with van der Waals surface area (Å²) in [6, 6.07) is 4.34. The van der Waals surface area contributed by atoms with Gasteiger partial charge in [-0.25, -0.2) is 0 Å². The molecule has 33 heavy (non-hydrogen) atoms. The Labute approximate surface area is 185 Å². The van der Waals surface area contributed by atoms with Crippen molar-refractivity contribution in [2.45, 2.75) is 42.7 Å². The molecule has 1 fully saturated rings. The fourth-order valence-electron chi connectivity index (χ4n) is 4.11. The highest BCUT2D eigenvalue weighted by Crippen LogP contribution is 2.52. The number of phenolic OH excluding ortho intramolecular Hbond substituents is 4. The van der Waals surface area contributed by atoms with Gasteiger partial charge in [0.25, 0.3) is 0 Å². The van der Waals surface area contributed by atoms with Gasteiger partial charge in [-0.3, -0.25) is 4.79 Å². The quantitative estimate of drug-likeness (QED) is 0.245. The largest absolute Gasteiger partial charge is 0.507 e. The smallest absolute Gasteiger partial charge is 0.229 e. The number of carbonyl (C=O) groups excluding carboxylic acids is 1. The summed E-state index contributed by atoms with van der Waals surface area (Å²) in [7, 11) is 0. The minimum Gasteiger partial charge on any atom is -0.507 e. The van der Waals surface area contributed by atoms with Crippen LogP contribution in [0, 0.1) is 0 Å². The van der Waals surface area contributed by atoms with Crippen LogP contribution in [0.4, 0.5) is 0 Å². The van der Waals surface area contributed by atoms with Gasteiger partial charge in [0.2, 0.25) is 5.79 Å². The van der Waals surface area contributed by atoms with Crippen LogP contribution in [0.3, 0.4) is 0 Å². The van der Waals surface area contributed by atoms with E-state index in [9.17, 15) is 50.8 Å². The number of hydrogen-bond acceptors (Lipinski definition) is 12. The minimum atomic E-state index is -2.98. The van der Waals surface area contributed by atoms with E-state index < -0.39 is 88.6 Å². The molecule has 0 aromatic heterocycles. The standard InChI is InChI=1S/C21H22O12/c22-6-14-17(28)18(29)20(30)21(31,33-14)16-12(27)4-10(25)15-11(26)5-13(32-19(15)16)7-1-2-8(23)9(24)3-7/h1-4,13-14,17-18,20,22-25,27-31H,5-6H2. The lowest BCUT2D eigenvalue weighted by Gasteiger charge is -2.46. The van der Waals surface area contributed by atoms with E-state index in [-0.39, 0.29) is 12.0 Å². The Morgan fingerprint density at radius 3 is 2.27 bits per heavy atom. The van der Waals surface area contributed by atoms with Crippen LogP contribution in [-0.4, -0.2) is 82.8 Å². The van der Waals surface area contributed by atoms with Crippen LogP contribution in [-0.2, 0) is 10.5 Å². The fourth-order valence-corrected chi connectivity index (χ4v) is 4.11. The molecule has 6 unspecified atom stereocenters. The van der Waals surface area contributed by atoms with Gasteiger partial charge in [0.15, 0.2) is 17.3 Å². The van der Waals surface area contributed by atoms with Gasteiger partial charge in [-0.1, -0.05) is 6.07 Å². The number of fused-ring (bicyclic) bond motifs is 1. The van der Waals surface area contributed by atoms with Crippen molar-refractivity contribution in [1.82, 2.24) is 0 Å². The highest BCUT2D eigenvalue weighted by Gasteiger charge is 2.57. The zero-order chi connectivity index (χ0) is 24.2. The first kappa shape index (κ1) is 23.0. The van der Waals surface area contributed by atoms with E-state index in [2.05, 4.69) is 0 Å². The summed E-state index contributed by atoms with van der Waals surface area (Å²) in [5.74, 6) is -6.75. The molecule has 0 spiro atoms. The molecule has 2 heterocycles. The Morgan fingerprint density at radius 2 is 1.64 bits per heavy atom. The molecule has 0 aliphatic carbocycles. The highest BCUT2D eigenvalue weighted by molar-refractivity contribution is 6.03. The predicted molar refractivity (Wildman–Crippen MR) is 106 cm³/mol. The summed E-state index contributed by atoms with van der Waals surface area (Å²) in [4.78, 5) is 12.9. The molecule has 178 valence electrons. The lowest BCUT2D eigenvalue weighted by molar-refractivity contribution is -0.358. The summed E-state index contributed by atoms with van der Waals surface area (Å²) in [5, 5.41) is 91.4. The van der Waals surface area contributed by atoms with Crippen molar-refractivity contribution in [3.8, 4) is 28.7 Å². The van der Waals surface area contributed by atoms with Crippen molar-refractivity contribution in [3.63, 3.8) is 0 Å². The first-order valence-electron chi connectivity index (χ1n) is 9.86. The number of aliphatic hydroxyl groups excluding tert-OH is 4. The van der Waals surface area contributed by atoms with E-state index in [4.69, 9.17) is 9.47 Å². The molecule has 6 atom stereocenters. The van der Waals surface area contributed by atoms with Gasteiger partial charge in [0, 0.05) is 6.07 Å². The van der Waals surface area contributed by atoms with E-state index in [1.54, 1.807) is 0 Å². The minimum absolute atomic E-state index is 0.221. The van der Waals surface area contributed by atoms with Crippen molar-refractivity contribution >= 4 is 5.78 Å². The third-order valence-electron chi connectivity index (χ3n) is 5.85. The van der Waals surface area contributed by atoms with E-state index in [1.807, 2.05) is 0 Å². The van der Waals surface area contributed by atoms with E-state index in [1.165, 1.54) is 6.07 Å². The van der Waals surface area contributed by atoms with E-state index in [0.29, 0.717) is 6.07 Å². The Kier molecular flexibility index (Phi) is 5.60. The number of carbonyl (C=O) groups is 1. The molecule has 2 aliphatic heterocycles. The average molecular weight is 466 g/mol. The van der Waals surface area contributed by atoms with Gasteiger partial charge < -0.3 is 55.4 Å². The molecule has 2 aliphatic rings. The molecule has 9 N–H and O–H groups in total. The summed E-state index contributed by atoms with van der Waals surface area (Å²) in [6.45, 7) is -0.885. The highest BCUT2D eigenvalue weighted by atomic mass is 16.7. The van der Waals surface area contributed by atoms with Gasteiger partial charge >= 0.3 is 0 Å². The summed E-state index contributed by atoms with van der Waals surface area (Å²) in [5.41, 5.74) is -0.959. The van der Waals surface area contributed by atoms with Crippen LogP contribution in [0.5, 0.6) is 28.7 Å². The average Bonchev–Trinajstić information content (AvgIpc) is 2.76. The summed E-state index contributed by atoms with van der Waals surface area (Å²) in [6.07, 6.45) is -9.15. The molecule has 0 radical (unpaired) electrons. The number of ketones is 1. The second kappa shape index (κ2) is 8.02. The second-order valence-electron chi connectivity index (χ2n) is 7.94. The number of ether oxygens (including phenoxy) is 2. The van der Waals surface area contributed by atoms with Crippen LogP contribution in [0.1, 0.15) is 34.0 Å². The zero-order valence-electron chi connectivity index (χ0n) is 16.9. The molecule has 0 amide bonds. The van der Waals surface area contributed by atoms with Gasteiger partial charge in [-0.15, -0.1) is 0 Å². The van der Waals surface area contributed by atoms with Crippen LogP contribution in [0.25, 0.3) is 0 Å². The Bertz CT molecular complexity index is 1100. The molecule has 0 bridgehead atoms. The van der Waals surface area contributed by atoms with Gasteiger partial charge in [0.1, 0.15) is 53.3 Å². The third kappa shape index (κ3) is 3.53. The van der Waals surface area contributed by atoms with Gasteiger partial charge in [0.05, 0.1) is 18.6 Å². The lowest BCUT2D eigenvalue weighted by Crippen LogP contribution is -2.63. The molecular weight excluding hydrogens is 444 g/mol. The molecule has 12 nitrogen and oxygen atoms in total. The fraction of sp³-hybridized carbons (Fsp3) is 0.381.